The molecule has 0 spiro atoms. The molecule has 1 aliphatic heterocycles. The summed E-state index contributed by atoms with van der Waals surface area (Å²) in [5, 5.41) is 3.85. The zero-order chi connectivity index (χ0) is 25.7. The molecule has 2 atom stereocenters. The standard InChI is InChI=1S/C26H27F2N7O2/c1-15(34-7-9-35(10-8-34)25(36)20-14-26(20,27)28)17-5-6-29-19(11-17)13-23-31-21-4-3-18(12-22(21)32-23)24-30-16(2)33-37-24/h3-6,11-12,15,20H,7-10,13-14H2,1-2H3,(H,31,32). The highest BCUT2D eigenvalue weighted by Gasteiger charge is 2.62. The van der Waals surface area contributed by atoms with Crippen molar-refractivity contribution in [2.24, 2.45) is 5.92 Å². The van der Waals surface area contributed by atoms with Crippen molar-refractivity contribution in [2.75, 3.05) is 26.2 Å². The number of halogens is 2. The van der Waals surface area contributed by atoms with Crippen LogP contribution < -0.4 is 0 Å². The molecule has 9 nitrogen and oxygen atoms in total. The van der Waals surface area contributed by atoms with E-state index in [9.17, 15) is 13.6 Å². The molecule has 1 amide bonds. The minimum absolute atomic E-state index is 0.109. The first-order valence-electron chi connectivity index (χ1n) is 12.4. The number of hydrogen-bond acceptors (Lipinski definition) is 7. The molecule has 1 saturated heterocycles. The molecule has 0 bridgehead atoms. The molecule has 11 heteroatoms. The lowest BCUT2D eigenvalue weighted by Crippen LogP contribution is -2.50. The summed E-state index contributed by atoms with van der Waals surface area (Å²) in [6, 6.07) is 9.95. The fourth-order valence-electron chi connectivity index (χ4n) is 4.96. The first kappa shape index (κ1) is 23.7. The van der Waals surface area contributed by atoms with E-state index in [0.717, 1.165) is 33.7 Å². The number of alkyl halides is 2. The topological polar surface area (TPSA) is 104 Å². The predicted octanol–water partition coefficient (Wildman–Crippen LogP) is 3.77. The summed E-state index contributed by atoms with van der Waals surface area (Å²) in [7, 11) is 0. The molecule has 37 heavy (non-hydrogen) atoms. The van der Waals surface area contributed by atoms with E-state index in [4.69, 9.17) is 9.51 Å². The van der Waals surface area contributed by atoms with E-state index in [1.807, 2.05) is 24.3 Å². The number of nitrogens with one attached hydrogen (secondary N) is 1. The molecular weight excluding hydrogens is 480 g/mol. The highest BCUT2D eigenvalue weighted by molar-refractivity contribution is 5.83. The number of imidazole rings is 1. The summed E-state index contributed by atoms with van der Waals surface area (Å²) in [6.07, 6.45) is 2.03. The summed E-state index contributed by atoms with van der Waals surface area (Å²) in [5.41, 5.74) is 4.55. The number of pyridine rings is 1. The van der Waals surface area contributed by atoms with Gasteiger partial charge in [-0.25, -0.2) is 13.8 Å². The molecule has 1 aliphatic carbocycles. The number of piperazine rings is 1. The molecule has 192 valence electrons. The largest absolute Gasteiger partial charge is 0.342 e. The Labute approximate surface area is 211 Å². The molecule has 4 heterocycles. The molecule has 2 unspecified atom stereocenters. The second-order valence-corrected chi connectivity index (χ2v) is 9.87. The average Bonchev–Trinajstić information content (AvgIpc) is 3.20. The van der Waals surface area contributed by atoms with Gasteiger partial charge in [0.2, 0.25) is 5.91 Å². The van der Waals surface area contributed by atoms with Gasteiger partial charge in [-0.2, -0.15) is 4.98 Å². The Morgan fingerprint density at radius 2 is 1.97 bits per heavy atom. The molecular formula is C26H27F2N7O2. The van der Waals surface area contributed by atoms with Crippen molar-refractivity contribution in [3.05, 3.63) is 59.4 Å². The second-order valence-electron chi connectivity index (χ2n) is 9.87. The van der Waals surface area contributed by atoms with Crippen molar-refractivity contribution in [1.82, 2.24) is 34.9 Å². The van der Waals surface area contributed by atoms with E-state index in [0.29, 0.717) is 44.3 Å². The van der Waals surface area contributed by atoms with Gasteiger partial charge >= 0.3 is 0 Å². The number of hydrogen-bond donors (Lipinski definition) is 1. The Kier molecular flexibility index (Phi) is 5.74. The minimum atomic E-state index is -2.82. The summed E-state index contributed by atoms with van der Waals surface area (Å²) < 4.78 is 31.9. The van der Waals surface area contributed by atoms with Crippen LogP contribution in [0.5, 0.6) is 0 Å². The van der Waals surface area contributed by atoms with E-state index >= 15 is 0 Å². The lowest BCUT2D eigenvalue weighted by molar-refractivity contribution is -0.136. The summed E-state index contributed by atoms with van der Waals surface area (Å²) in [4.78, 5) is 33.0. The third-order valence-corrected chi connectivity index (χ3v) is 7.27. The number of rotatable bonds is 6. The zero-order valence-electron chi connectivity index (χ0n) is 20.6. The quantitative estimate of drug-likeness (QED) is 0.424. The Morgan fingerprint density at radius 1 is 1.19 bits per heavy atom. The van der Waals surface area contributed by atoms with Gasteiger partial charge in [0.1, 0.15) is 11.7 Å². The van der Waals surface area contributed by atoms with Gasteiger partial charge in [0.15, 0.2) is 5.82 Å². The highest BCUT2D eigenvalue weighted by atomic mass is 19.3. The number of H-pyrrole nitrogens is 1. The van der Waals surface area contributed by atoms with Gasteiger partial charge in [0.05, 0.1) is 11.0 Å². The van der Waals surface area contributed by atoms with Crippen LogP contribution >= 0.6 is 0 Å². The number of nitrogens with zero attached hydrogens (tertiary/aromatic N) is 6. The third-order valence-electron chi connectivity index (χ3n) is 7.27. The minimum Gasteiger partial charge on any atom is -0.342 e. The second kappa shape index (κ2) is 8.98. The SMILES string of the molecule is Cc1noc(-c2ccc3nc(Cc4cc(C(C)N5CCN(C(=O)C6CC6(F)F)CC5)ccn4)[nH]c3c2)n1. The molecule has 0 radical (unpaired) electrons. The number of aromatic amines is 1. The van der Waals surface area contributed by atoms with Crippen molar-refractivity contribution in [2.45, 2.75) is 38.7 Å². The maximum atomic E-state index is 13.3. The van der Waals surface area contributed by atoms with Gasteiger partial charge in [-0.1, -0.05) is 5.16 Å². The van der Waals surface area contributed by atoms with Crippen molar-refractivity contribution in [1.29, 1.82) is 0 Å². The fraction of sp³-hybridized carbons (Fsp3) is 0.423. The Hall–Kier alpha value is -3.73. The van der Waals surface area contributed by atoms with Crippen LogP contribution in [0.1, 0.15) is 42.3 Å². The van der Waals surface area contributed by atoms with Gasteiger partial charge in [-0.05, 0) is 49.7 Å². The molecule has 4 aromatic rings. The monoisotopic (exact) mass is 507 g/mol. The molecule has 6 rings (SSSR count). The first-order valence-corrected chi connectivity index (χ1v) is 12.4. The number of benzene rings is 1. The van der Waals surface area contributed by atoms with Crippen LogP contribution in [0.25, 0.3) is 22.5 Å². The number of aromatic nitrogens is 5. The number of fused-ring (bicyclic) bond motifs is 1. The van der Waals surface area contributed by atoms with Gasteiger partial charge in [0.25, 0.3) is 11.8 Å². The van der Waals surface area contributed by atoms with Crippen LogP contribution in [0.15, 0.2) is 41.1 Å². The van der Waals surface area contributed by atoms with Gasteiger partial charge in [-0.3, -0.25) is 14.7 Å². The Balaban J connectivity index is 1.11. The smallest absolute Gasteiger partial charge is 0.260 e. The van der Waals surface area contributed by atoms with Crippen LogP contribution in [-0.2, 0) is 11.2 Å². The van der Waals surface area contributed by atoms with E-state index < -0.39 is 17.7 Å². The highest BCUT2D eigenvalue weighted by Crippen LogP contribution is 2.49. The number of carbonyl (C=O) groups excluding carboxylic acids is 1. The predicted molar refractivity (Wildman–Crippen MR) is 131 cm³/mol. The summed E-state index contributed by atoms with van der Waals surface area (Å²) >= 11 is 0. The number of amides is 1. The molecule has 1 saturated carbocycles. The normalized spacial score (nSPS) is 20.3. The van der Waals surface area contributed by atoms with Crippen molar-refractivity contribution in [3.63, 3.8) is 0 Å². The molecule has 2 aliphatic rings. The lowest BCUT2D eigenvalue weighted by Gasteiger charge is -2.38. The van der Waals surface area contributed by atoms with E-state index in [1.54, 1.807) is 18.0 Å². The Morgan fingerprint density at radius 3 is 2.68 bits per heavy atom. The van der Waals surface area contributed by atoms with Crippen LogP contribution in [0.2, 0.25) is 0 Å². The zero-order valence-corrected chi connectivity index (χ0v) is 20.6. The van der Waals surface area contributed by atoms with E-state index in [2.05, 4.69) is 38.0 Å². The van der Waals surface area contributed by atoms with E-state index in [-0.39, 0.29) is 12.5 Å². The van der Waals surface area contributed by atoms with Crippen molar-refractivity contribution in [3.8, 4) is 11.5 Å². The first-order chi connectivity index (χ1) is 17.8. The van der Waals surface area contributed by atoms with Crippen LogP contribution in [0.3, 0.4) is 0 Å². The maximum absolute atomic E-state index is 13.3. The van der Waals surface area contributed by atoms with Gasteiger partial charge < -0.3 is 14.4 Å². The fourth-order valence-corrected chi connectivity index (χ4v) is 4.96. The van der Waals surface area contributed by atoms with Crippen LogP contribution in [0, 0.1) is 12.8 Å². The molecule has 1 N–H and O–H groups in total. The molecule has 3 aromatic heterocycles. The van der Waals surface area contributed by atoms with E-state index in [1.165, 1.54) is 0 Å². The molecule has 2 fully saturated rings. The average molecular weight is 508 g/mol. The number of carbonyl (C=O) groups is 1. The summed E-state index contributed by atoms with van der Waals surface area (Å²) in [6.45, 7) is 6.13. The van der Waals surface area contributed by atoms with Crippen LogP contribution in [0.4, 0.5) is 8.78 Å². The lowest BCUT2D eigenvalue weighted by atomic mass is 10.1. The number of aryl methyl sites for hydroxylation is 1. The summed E-state index contributed by atoms with van der Waals surface area (Å²) in [5.74, 6) is -2.49. The van der Waals surface area contributed by atoms with Crippen molar-refractivity contribution < 1.29 is 18.1 Å². The third kappa shape index (κ3) is 4.71. The van der Waals surface area contributed by atoms with Gasteiger partial charge in [0, 0.05) is 62.5 Å². The van der Waals surface area contributed by atoms with Crippen LogP contribution in [-0.4, -0.2) is 72.9 Å². The van der Waals surface area contributed by atoms with Gasteiger partial charge in [-0.15, -0.1) is 0 Å². The van der Waals surface area contributed by atoms with Crippen molar-refractivity contribution >= 4 is 16.9 Å². The maximum Gasteiger partial charge on any atom is 0.260 e. The Bertz CT molecular complexity index is 1460. The molecule has 1 aromatic carbocycles.